The van der Waals surface area contributed by atoms with E-state index in [2.05, 4.69) is 9.89 Å². The fraction of sp³-hybridized carbons (Fsp3) is 0.381. The first-order chi connectivity index (χ1) is 14.1. The second kappa shape index (κ2) is 9.36. The molecule has 0 amide bonds. The summed E-state index contributed by atoms with van der Waals surface area (Å²) in [6.07, 6.45) is 0. The Hall–Kier alpha value is -3.16. The molecule has 0 unspecified atom stereocenters. The van der Waals surface area contributed by atoms with E-state index in [0.29, 0.717) is 29.8 Å². The average molecular weight is 402 g/mol. The summed E-state index contributed by atoms with van der Waals surface area (Å²) in [5.74, 6) is 1.98. The van der Waals surface area contributed by atoms with Gasteiger partial charge in [-0.15, -0.1) is 0 Å². The van der Waals surface area contributed by atoms with Gasteiger partial charge in [0.1, 0.15) is 5.82 Å². The van der Waals surface area contributed by atoms with Crippen LogP contribution in [0.4, 0.5) is 10.1 Å². The van der Waals surface area contributed by atoms with Crippen LogP contribution in [0.15, 0.2) is 41.4 Å². The number of benzene rings is 2. The van der Waals surface area contributed by atoms with Gasteiger partial charge in [0.15, 0.2) is 17.5 Å². The third-order valence-corrected chi connectivity index (χ3v) is 4.99. The molecule has 1 fully saturated rings. The minimum Gasteiger partial charge on any atom is -0.493 e. The molecule has 1 saturated heterocycles. The molecule has 3 rings (SSSR count). The number of piperazine rings is 1. The number of guanidine groups is 1. The SMILES string of the molecule is COc1ccc(CN=C(N)N2CCN(c3ccc(F)cc3)CC2)c(OC)c1OC. The average Bonchev–Trinajstić information content (AvgIpc) is 2.77. The van der Waals surface area contributed by atoms with Crippen LogP contribution in [0, 0.1) is 5.82 Å². The number of methoxy groups -OCH3 is 3. The number of nitrogens with zero attached hydrogens (tertiary/aromatic N) is 3. The van der Waals surface area contributed by atoms with Gasteiger partial charge < -0.3 is 29.7 Å². The Bertz CT molecular complexity index is 850. The highest BCUT2D eigenvalue weighted by Gasteiger charge is 2.19. The standard InChI is InChI=1S/C21H27FN4O3/c1-27-18-9-4-15(19(28-2)20(18)29-3)14-24-21(23)26-12-10-25(11-13-26)17-7-5-16(22)6-8-17/h4-9H,10-14H2,1-3H3,(H2,23,24). The molecule has 0 radical (unpaired) electrons. The zero-order chi connectivity index (χ0) is 20.8. The zero-order valence-electron chi connectivity index (χ0n) is 17.0. The highest BCUT2D eigenvalue weighted by molar-refractivity contribution is 5.78. The Kier molecular flexibility index (Phi) is 6.64. The lowest BCUT2D eigenvalue weighted by Crippen LogP contribution is -2.51. The molecule has 2 aromatic carbocycles. The highest BCUT2D eigenvalue weighted by Crippen LogP contribution is 2.39. The fourth-order valence-corrected chi connectivity index (χ4v) is 3.40. The Morgan fingerprint density at radius 2 is 1.59 bits per heavy atom. The molecule has 0 aromatic heterocycles. The maximum Gasteiger partial charge on any atom is 0.203 e. The monoisotopic (exact) mass is 402 g/mol. The van der Waals surface area contributed by atoms with Crippen molar-refractivity contribution in [3.05, 3.63) is 47.8 Å². The lowest BCUT2D eigenvalue weighted by Gasteiger charge is -2.36. The Morgan fingerprint density at radius 1 is 0.931 bits per heavy atom. The predicted molar refractivity (Wildman–Crippen MR) is 112 cm³/mol. The molecule has 8 heteroatoms. The molecule has 0 atom stereocenters. The maximum absolute atomic E-state index is 13.1. The van der Waals surface area contributed by atoms with E-state index in [-0.39, 0.29) is 5.82 Å². The Labute approximate surface area is 170 Å². The first-order valence-electron chi connectivity index (χ1n) is 9.40. The van der Waals surface area contributed by atoms with Crippen molar-refractivity contribution in [2.45, 2.75) is 6.54 Å². The van der Waals surface area contributed by atoms with Crippen molar-refractivity contribution in [2.24, 2.45) is 10.7 Å². The maximum atomic E-state index is 13.1. The van der Waals surface area contributed by atoms with Crippen molar-refractivity contribution in [3.63, 3.8) is 0 Å². The fourth-order valence-electron chi connectivity index (χ4n) is 3.40. The van der Waals surface area contributed by atoms with Crippen molar-refractivity contribution in [2.75, 3.05) is 52.4 Å². The number of hydrogen-bond acceptors (Lipinski definition) is 5. The first kappa shape index (κ1) is 20.6. The topological polar surface area (TPSA) is 72.6 Å². The molecule has 7 nitrogen and oxygen atoms in total. The van der Waals surface area contributed by atoms with Crippen molar-refractivity contribution in [1.29, 1.82) is 0 Å². The van der Waals surface area contributed by atoms with Crippen LogP contribution in [0.1, 0.15) is 5.56 Å². The molecule has 1 heterocycles. The first-order valence-corrected chi connectivity index (χ1v) is 9.40. The number of ether oxygens (including phenoxy) is 3. The van der Waals surface area contributed by atoms with Crippen LogP contribution in [0.25, 0.3) is 0 Å². The van der Waals surface area contributed by atoms with Crippen molar-refractivity contribution >= 4 is 11.6 Å². The minimum absolute atomic E-state index is 0.227. The van der Waals surface area contributed by atoms with Gasteiger partial charge in [-0.25, -0.2) is 9.38 Å². The normalized spacial score (nSPS) is 14.7. The van der Waals surface area contributed by atoms with Crippen molar-refractivity contribution in [1.82, 2.24) is 4.90 Å². The lowest BCUT2D eigenvalue weighted by atomic mass is 10.1. The van der Waals surface area contributed by atoms with Crippen molar-refractivity contribution in [3.8, 4) is 17.2 Å². The van der Waals surface area contributed by atoms with Gasteiger partial charge in [-0.2, -0.15) is 0 Å². The summed E-state index contributed by atoms with van der Waals surface area (Å²) in [4.78, 5) is 8.80. The molecule has 156 valence electrons. The third kappa shape index (κ3) is 4.64. The van der Waals surface area contributed by atoms with E-state index in [1.54, 1.807) is 33.5 Å². The van der Waals surface area contributed by atoms with Crippen LogP contribution in [0.5, 0.6) is 17.2 Å². The van der Waals surface area contributed by atoms with Gasteiger partial charge in [-0.1, -0.05) is 0 Å². The third-order valence-electron chi connectivity index (χ3n) is 4.99. The molecule has 0 aliphatic carbocycles. The summed E-state index contributed by atoms with van der Waals surface area (Å²) in [7, 11) is 4.74. The molecule has 29 heavy (non-hydrogen) atoms. The number of halogens is 1. The molecular weight excluding hydrogens is 375 g/mol. The number of aliphatic imine (C=N–C) groups is 1. The summed E-state index contributed by atoms with van der Waals surface area (Å²) < 4.78 is 29.3. The summed E-state index contributed by atoms with van der Waals surface area (Å²) in [6.45, 7) is 3.45. The number of hydrogen-bond donors (Lipinski definition) is 1. The molecule has 2 aromatic rings. The van der Waals surface area contributed by atoms with Gasteiger partial charge in [0.05, 0.1) is 27.9 Å². The van der Waals surface area contributed by atoms with E-state index in [9.17, 15) is 4.39 Å². The van der Waals surface area contributed by atoms with Gasteiger partial charge in [0.25, 0.3) is 0 Å². The van der Waals surface area contributed by atoms with E-state index in [1.165, 1.54) is 12.1 Å². The Balaban J connectivity index is 1.64. The van der Waals surface area contributed by atoms with E-state index in [4.69, 9.17) is 19.9 Å². The molecule has 1 aliphatic heterocycles. The number of rotatable bonds is 6. The zero-order valence-corrected chi connectivity index (χ0v) is 17.0. The lowest BCUT2D eigenvalue weighted by molar-refractivity contribution is 0.322. The molecule has 2 N–H and O–H groups in total. The van der Waals surface area contributed by atoms with Crippen LogP contribution < -0.4 is 24.8 Å². The summed E-state index contributed by atoms with van der Waals surface area (Å²) in [6, 6.07) is 10.3. The van der Waals surface area contributed by atoms with Gasteiger partial charge in [-0.05, 0) is 36.4 Å². The second-order valence-electron chi connectivity index (χ2n) is 6.62. The van der Waals surface area contributed by atoms with Gasteiger partial charge >= 0.3 is 0 Å². The van der Waals surface area contributed by atoms with E-state index >= 15 is 0 Å². The molecule has 0 spiro atoms. The largest absolute Gasteiger partial charge is 0.493 e. The minimum atomic E-state index is -0.227. The van der Waals surface area contributed by atoms with E-state index in [0.717, 1.165) is 37.4 Å². The molecular formula is C21H27FN4O3. The van der Waals surface area contributed by atoms with Gasteiger partial charge in [0.2, 0.25) is 5.75 Å². The quantitative estimate of drug-likeness (QED) is 0.591. The Morgan fingerprint density at radius 3 is 2.17 bits per heavy atom. The summed E-state index contributed by atoms with van der Waals surface area (Å²) in [5, 5.41) is 0. The highest BCUT2D eigenvalue weighted by atomic mass is 19.1. The number of nitrogens with two attached hydrogens (primary N) is 1. The smallest absolute Gasteiger partial charge is 0.203 e. The van der Waals surface area contributed by atoms with Gasteiger partial charge in [-0.3, -0.25) is 0 Å². The van der Waals surface area contributed by atoms with E-state index < -0.39 is 0 Å². The molecule has 0 saturated carbocycles. The predicted octanol–water partition coefficient (Wildman–Crippen LogP) is 2.49. The number of anilines is 1. The molecule has 1 aliphatic rings. The van der Waals surface area contributed by atoms with Crippen LogP contribution in [-0.4, -0.2) is 58.4 Å². The van der Waals surface area contributed by atoms with Gasteiger partial charge in [0, 0.05) is 37.4 Å². The van der Waals surface area contributed by atoms with Crippen LogP contribution in [0.3, 0.4) is 0 Å². The van der Waals surface area contributed by atoms with Crippen molar-refractivity contribution < 1.29 is 18.6 Å². The second-order valence-corrected chi connectivity index (χ2v) is 6.62. The van der Waals surface area contributed by atoms with E-state index in [1.807, 2.05) is 17.0 Å². The summed E-state index contributed by atoms with van der Waals surface area (Å²) >= 11 is 0. The van der Waals surface area contributed by atoms with Crippen LogP contribution in [0.2, 0.25) is 0 Å². The van der Waals surface area contributed by atoms with Crippen LogP contribution >= 0.6 is 0 Å². The van der Waals surface area contributed by atoms with Crippen LogP contribution in [-0.2, 0) is 6.54 Å². The summed E-state index contributed by atoms with van der Waals surface area (Å²) in [5.41, 5.74) is 8.10. The molecule has 0 bridgehead atoms.